The van der Waals surface area contributed by atoms with E-state index in [9.17, 15) is 9.59 Å². The van der Waals surface area contributed by atoms with Crippen LogP contribution < -0.4 is 10.6 Å². The Balaban J connectivity index is 1.68. The normalized spacial score (nSPS) is 10.2. The number of hydrogen-bond donors (Lipinski definition) is 2. The molecule has 7 nitrogen and oxygen atoms in total. The molecule has 7 heteroatoms. The second-order valence-corrected chi connectivity index (χ2v) is 5.19. The zero-order valence-electron chi connectivity index (χ0n) is 13.2. The molecule has 122 valence electrons. The van der Waals surface area contributed by atoms with E-state index < -0.39 is 0 Å². The van der Waals surface area contributed by atoms with Crippen LogP contribution in [0.15, 0.2) is 41.1 Å². The molecule has 0 saturated carbocycles. The Morgan fingerprint density at radius 2 is 2.13 bits per heavy atom. The Labute approximate surface area is 134 Å². The fourth-order valence-electron chi connectivity index (χ4n) is 1.87. The highest BCUT2D eigenvalue weighted by atomic mass is 16.3. The molecule has 2 rings (SSSR count). The first-order valence-electron chi connectivity index (χ1n) is 7.28. The van der Waals surface area contributed by atoms with Crippen LogP contribution in [0, 0.1) is 6.92 Å². The number of aromatic nitrogens is 1. The van der Waals surface area contributed by atoms with Crippen molar-refractivity contribution in [2.24, 2.45) is 0 Å². The van der Waals surface area contributed by atoms with Crippen molar-refractivity contribution in [2.75, 3.05) is 18.9 Å². The van der Waals surface area contributed by atoms with Crippen LogP contribution in [0.3, 0.4) is 0 Å². The summed E-state index contributed by atoms with van der Waals surface area (Å²) in [6, 6.07) is 6.91. The minimum Gasteiger partial charge on any atom is -0.467 e. The third-order valence-electron chi connectivity index (χ3n) is 3.13. The van der Waals surface area contributed by atoms with E-state index in [1.807, 2.05) is 13.0 Å². The van der Waals surface area contributed by atoms with E-state index in [1.54, 1.807) is 37.7 Å². The SMILES string of the molecule is Cc1ccc(NC(=O)CCNC(=O)N(C)Cc2ccco2)nc1. The summed E-state index contributed by atoms with van der Waals surface area (Å²) in [6.07, 6.45) is 3.42. The van der Waals surface area contributed by atoms with Crippen LogP contribution in [0.4, 0.5) is 10.6 Å². The van der Waals surface area contributed by atoms with Gasteiger partial charge >= 0.3 is 6.03 Å². The Morgan fingerprint density at radius 3 is 2.78 bits per heavy atom. The van der Waals surface area contributed by atoms with E-state index in [0.717, 1.165) is 5.56 Å². The van der Waals surface area contributed by atoms with Gasteiger partial charge < -0.3 is 20.0 Å². The molecule has 2 N–H and O–H groups in total. The van der Waals surface area contributed by atoms with Gasteiger partial charge in [-0.1, -0.05) is 6.07 Å². The van der Waals surface area contributed by atoms with Crippen LogP contribution in [-0.2, 0) is 11.3 Å². The third kappa shape index (κ3) is 5.46. The number of hydrogen-bond acceptors (Lipinski definition) is 4. The molecule has 0 fully saturated rings. The second-order valence-electron chi connectivity index (χ2n) is 5.19. The van der Waals surface area contributed by atoms with E-state index in [4.69, 9.17) is 4.42 Å². The number of nitrogens with zero attached hydrogens (tertiary/aromatic N) is 2. The number of aryl methyl sites for hydroxylation is 1. The highest BCUT2D eigenvalue weighted by Gasteiger charge is 2.11. The van der Waals surface area contributed by atoms with E-state index in [0.29, 0.717) is 18.1 Å². The first-order valence-corrected chi connectivity index (χ1v) is 7.28. The number of rotatable bonds is 6. The molecule has 0 bridgehead atoms. The highest BCUT2D eigenvalue weighted by Crippen LogP contribution is 2.05. The Kier molecular flexibility index (Phi) is 5.74. The van der Waals surface area contributed by atoms with Crippen molar-refractivity contribution in [3.05, 3.63) is 48.0 Å². The molecule has 0 radical (unpaired) electrons. The number of carbonyl (C=O) groups is 2. The molecule has 0 spiro atoms. The summed E-state index contributed by atoms with van der Waals surface area (Å²) in [6.45, 7) is 2.55. The highest BCUT2D eigenvalue weighted by molar-refractivity contribution is 5.90. The van der Waals surface area contributed by atoms with E-state index in [-0.39, 0.29) is 24.9 Å². The maximum Gasteiger partial charge on any atom is 0.317 e. The van der Waals surface area contributed by atoms with Crippen LogP contribution in [0.5, 0.6) is 0 Å². The second kappa shape index (κ2) is 7.98. The fraction of sp³-hybridized carbons (Fsp3) is 0.312. The lowest BCUT2D eigenvalue weighted by molar-refractivity contribution is -0.116. The molecule has 23 heavy (non-hydrogen) atoms. The minimum absolute atomic E-state index is 0.176. The largest absolute Gasteiger partial charge is 0.467 e. The number of pyridine rings is 1. The van der Waals surface area contributed by atoms with Gasteiger partial charge in [0.2, 0.25) is 5.91 Å². The maximum absolute atomic E-state index is 11.9. The molecule has 2 aromatic rings. The summed E-state index contributed by atoms with van der Waals surface area (Å²) < 4.78 is 5.18. The van der Waals surface area contributed by atoms with Gasteiger partial charge in [0.25, 0.3) is 0 Å². The van der Waals surface area contributed by atoms with Crippen LogP contribution in [0.25, 0.3) is 0 Å². The number of furan rings is 1. The van der Waals surface area contributed by atoms with Crippen molar-refractivity contribution in [3.8, 4) is 0 Å². The molecule has 0 aliphatic heterocycles. The number of nitrogens with one attached hydrogen (secondary N) is 2. The molecule has 0 aliphatic rings. The van der Waals surface area contributed by atoms with Crippen molar-refractivity contribution in [2.45, 2.75) is 19.9 Å². The third-order valence-corrected chi connectivity index (χ3v) is 3.13. The van der Waals surface area contributed by atoms with Gasteiger partial charge in [-0.2, -0.15) is 0 Å². The summed E-state index contributed by atoms with van der Waals surface area (Å²) >= 11 is 0. The molecule has 0 aromatic carbocycles. The molecular weight excluding hydrogens is 296 g/mol. The monoisotopic (exact) mass is 316 g/mol. The van der Waals surface area contributed by atoms with E-state index in [1.165, 1.54) is 4.90 Å². The van der Waals surface area contributed by atoms with Crippen molar-refractivity contribution in [1.29, 1.82) is 0 Å². The Hall–Kier alpha value is -2.83. The predicted octanol–water partition coefficient (Wildman–Crippen LogP) is 2.15. The average molecular weight is 316 g/mol. The van der Waals surface area contributed by atoms with E-state index in [2.05, 4.69) is 15.6 Å². The molecule has 0 aliphatic carbocycles. The van der Waals surface area contributed by atoms with Gasteiger partial charge in [-0.3, -0.25) is 4.79 Å². The number of carbonyl (C=O) groups excluding carboxylic acids is 2. The summed E-state index contributed by atoms with van der Waals surface area (Å²) in [4.78, 5) is 29.2. The maximum atomic E-state index is 11.9. The van der Waals surface area contributed by atoms with Gasteiger partial charge in [-0.05, 0) is 30.7 Å². The summed E-state index contributed by atoms with van der Waals surface area (Å²) in [5.74, 6) is 1.00. The first kappa shape index (κ1) is 16.5. The smallest absolute Gasteiger partial charge is 0.317 e. The predicted molar refractivity (Wildman–Crippen MR) is 85.8 cm³/mol. The van der Waals surface area contributed by atoms with Gasteiger partial charge in [0.1, 0.15) is 11.6 Å². The van der Waals surface area contributed by atoms with Crippen LogP contribution in [0.1, 0.15) is 17.7 Å². The number of anilines is 1. The number of urea groups is 1. The molecule has 3 amide bonds. The van der Waals surface area contributed by atoms with E-state index >= 15 is 0 Å². The Morgan fingerprint density at radius 1 is 1.30 bits per heavy atom. The molecule has 0 unspecified atom stereocenters. The zero-order chi connectivity index (χ0) is 16.7. The van der Waals surface area contributed by atoms with Gasteiger partial charge in [0, 0.05) is 26.2 Å². The lowest BCUT2D eigenvalue weighted by atomic mass is 10.3. The first-order chi connectivity index (χ1) is 11.0. The minimum atomic E-state index is -0.261. The van der Waals surface area contributed by atoms with Crippen LogP contribution in [-0.4, -0.2) is 35.4 Å². The van der Waals surface area contributed by atoms with Crippen molar-refractivity contribution < 1.29 is 14.0 Å². The molecule has 0 atom stereocenters. The summed E-state index contributed by atoms with van der Waals surface area (Å²) in [5, 5.41) is 5.36. The fourth-order valence-corrected chi connectivity index (χ4v) is 1.87. The van der Waals surface area contributed by atoms with Crippen LogP contribution >= 0.6 is 0 Å². The standard InChI is InChI=1S/C16H20N4O3/c1-12-5-6-14(18-10-12)19-15(21)7-8-17-16(22)20(2)11-13-4-3-9-23-13/h3-6,9-10H,7-8,11H2,1-2H3,(H,17,22)(H,18,19,21). The summed E-state index contributed by atoms with van der Waals surface area (Å²) in [7, 11) is 1.66. The van der Waals surface area contributed by atoms with Crippen molar-refractivity contribution in [3.63, 3.8) is 0 Å². The topological polar surface area (TPSA) is 87.5 Å². The van der Waals surface area contributed by atoms with Gasteiger partial charge in [-0.15, -0.1) is 0 Å². The quantitative estimate of drug-likeness (QED) is 0.855. The lowest BCUT2D eigenvalue weighted by Crippen LogP contribution is -2.38. The molecule has 2 aromatic heterocycles. The summed E-state index contributed by atoms with van der Waals surface area (Å²) in [5.41, 5.74) is 1.02. The van der Waals surface area contributed by atoms with Crippen LogP contribution in [0.2, 0.25) is 0 Å². The lowest BCUT2D eigenvalue weighted by Gasteiger charge is -2.16. The molecule has 2 heterocycles. The zero-order valence-corrected chi connectivity index (χ0v) is 13.2. The number of amides is 3. The molecule has 0 saturated heterocycles. The van der Waals surface area contributed by atoms with Gasteiger partial charge in [0.15, 0.2) is 0 Å². The average Bonchev–Trinajstić information content (AvgIpc) is 3.02. The van der Waals surface area contributed by atoms with Crippen molar-refractivity contribution in [1.82, 2.24) is 15.2 Å². The molecular formula is C16H20N4O3. The Bertz CT molecular complexity index is 638. The van der Waals surface area contributed by atoms with Crippen molar-refractivity contribution >= 4 is 17.8 Å². The van der Waals surface area contributed by atoms with Gasteiger partial charge in [-0.25, -0.2) is 9.78 Å². The van der Waals surface area contributed by atoms with Gasteiger partial charge in [0.05, 0.1) is 12.8 Å².